The van der Waals surface area contributed by atoms with Crippen LogP contribution in [0.15, 0.2) is 18.2 Å². The van der Waals surface area contributed by atoms with Crippen LogP contribution in [0.3, 0.4) is 0 Å². The van der Waals surface area contributed by atoms with Gasteiger partial charge >= 0.3 is 5.69 Å². The smallest absolute Gasteiger partial charge is 0.309 e. The van der Waals surface area contributed by atoms with E-state index >= 15 is 0 Å². The monoisotopic (exact) mass is 248 g/mol. The van der Waals surface area contributed by atoms with Gasteiger partial charge in [0.1, 0.15) is 17.3 Å². The van der Waals surface area contributed by atoms with E-state index < -0.39 is 10.8 Å². The fourth-order valence-electron chi connectivity index (χ4n) is 1.46. The van der Waals surface area contributed by atoms with Crippen molar-refractivity contribution < 1.29 is 9.72 Å². The molecule has 3 N–H and O–H groups in total. The second-order valence-electron chi connectivity index (χ2n) is 3.57. The van der Waals surface area contributed by atoms with Crippen molar-refractivity contribution in [3.8, 4) is 6.07 Å². The Morgan fingerprint density at radius 1 is 1.56 bits per heavy atom. The maximum atomic E-state index is 10.9. The summed E-state index contributed by atoms with van der Waals surface area (Å²) in [4.78, 5) is 20.8. The van der Waals surface area contributed by atoms with Crippen LogP contribution in [0.5, 0.6) is 0 Å². The predicted molar refractivity (Wildman–Crippen MR) is 64.7 cm³/mol. The lowest BCUT2D eigenvalue weighted by molar-refractivity contribution is -0.384. The Morgan fingerprint density at radius 3 is 2.83 bits per heavy atom. The van der Waals surface area contributed by atoms with Gasteiger partial charge in [-0.15, -0.1) is 0 Å². The standard InChI is InChI=1S/C11H12N4O3/c12-7-8-3-1-4-9(11(8)15(17)18)14-6-2-5-10(13)16/h1,3-4,14H,2,5-6H2,(H2,13,16). The highest BCUT2D eigenvalue weighted by Crippen LogP contribution is 2.27. The molecular formula is C11H12N4O3. The van der Waals surface area contributed by atoms with Crippen LogP contribution < -0.4 is 11.1 Å². The predicted octanol–water partition coefficient (Wildman–Crippen LogP) is 1.14. The van der Waals surface area contributed by atoms with E-state index in [2.05, 4.69) is 5.32 Å². The second-order valence-corrected chi connectivity index (χ2v) is 3.57. The van der Waals surface area contributed by atoms with Crippen LogP contribution in [-0.2, 0) is 4.79 Å². The van der Waals surface area contributed by atoms with Gasteiger partial charge in [0.2, 0.25) is 5.91 Å². The number of rotatable bonds is 6. The number of carbonyl (C=O) groups is 1. The molecule has 0 saturated carbocycles. The molecular weight excluding hydrogens is 236 g/mol. The van der Waals surface area contributed by atoms with Gasteiger partial charge in [-0.3, -0.25) is 14.9 Å². The molecule has 0 radical (unpaired) electrons. The van der Waals surface area contributed by atoms with Crippen LogP contribution >= 0.6 is 0 Å². The van der Waals surface area contributed by atoms with Crippen molar-refractivity contribution in [1.82, 2.24) is 0 Å². The van der Waals surface area contributed by atoms with Crippen LogP contribution in [0.4, 0.5) is 11.4 Å². The molecule has 7 heteroatoms. The molecule has 94 valence electrons. The van der Waals surface area contributed by atoms with Crippen molar-refractivity contribution in [3.63, 3.8) is 0 Å². The highest BCUT2D eigenvalue weighted by atomic mass is 16.6. The molecule has 0 aliphatic rings. The number of nitrogens with two attached hydrogens (primary N) is 1. The van der Waals surface area contributed by atoms with Crippen molar-refractivity contribution in [2.75, 3.05) is 11.9 Å². The largest absolute Gasteiger partial charge is 0.379 e. The lowest BCUT2D eigenvalue weighted by atomic mass is 10.1. The fraction of sp³-hybridized carbons (Fsp3) is 0.273. The van der Waals surface area contributed by atoms with E-state index in [9.17, 15) is 14.9 Å². The molecule has 1 aromatic carbocycles. The normalized spacial score (nSPS) is 9.50. The van der Waals surface area contributed by atoms with Gasteiger partial charge in [0, 0.05) is 13.0 Å². The number of nitrogens with one attached hydrogen (secondary N) is 1. The highest BCUT2D eigenvalue weighted by molar-refractivity contribution is 5.73. The number of primary amides is 1. The van der Waals surface area contributed by atoms with Crippen LogP contribution in [0.1, 0.15) is 18.4 Å². The molecule has 0 bridgehead atoms. The third-order valence-corrected chi connectivity index (χ3v) is 2.25. The zero-order valence-corrected chi connectivity index (χ0v) is 9.55. The summed E-state index contributed by atoms with van der Waals surface area (Å²) in [5.74, 6) is -0.419. The first kappa shape index (κ1) is 13.4. The van der Waals surface area contributed by atoms with Gasteiger partial charge in [-0.1, -0.05) is 6.07 Å². The van der Waals surface area contributed by atoms with Crippen molar-refractivity contribution in [2.45, 2.75) is 12.8 Å². The van der Waals surface area contributed by atoms with Crippen molar-refractivity contribution in [3.05, 3.63) is 33.9 Å². The zero-order chi connectivity index (χ0) is 13.5. The van der Waals surface area contributed by atoms with Crippen molar-refractivity contribution in [1.29, 1.82) is 5.26 Å². The average Bonchev–Trinajstić information content (AvgIpc) is 2.33. The summed E-state index contributed by atoms with van der Waals surface area (Å²) in [6.45, 7) is 0.374. The Labute approximate surface area is 103 Å². The number of benzene rings is 1. The lowest BCUT2D eigenvalue weighted by Crippen LogP contribution is -2.13. The van der Waals surface area contributed by atoms with Gasteiger partial charge in [-0.25, -0.2) is 0 Å². The second kappa shape index (κ2) is 6.20. The Bertz CT molecular complexity index is 508. The van der Waals surface area contributed by atoms with Crippen LogP contribution in [-0.4, -0.2) is 17.4 Å². The maximum absolute atomic E-state index is 10.9. The molecule has 0 heterocycles. The van der Waals surface area contributed by atoms with E-state index in [0.717, 1.165) is 0 Å². The first-order valence-electron chi connectivity index (χ1n) is 5.26. The molecule has 0 aromatic heterocycles. The molecule has 0 aliphatic heterocycles. The minimum Gasteiger partial charge on any atom is -0.379 e. The van der Waals surface area contributed by atoms with Gasteiger partial charge in [0.05, 0.1) is 4.92 Å². The molecule has 0 atom stereocenters. The number of carbonyl (C=O) groups excluding carboxylic acids is 1. The van der Waals surface area contributed by atoms with Crippen LogP contribution in [0, 0.1) is 21.4 Å². The van der Waals surface area contributed by atoms with E-state index in [1.54, 1.807) is 12.1 Å². The summed E-state index contributed by atoms with van der Waals surface area (Å²) in [5.41, 5.74) is 4.99. The average molecular weight is 248 g/mol. The van der Waals surface area contributed by atoms with Gasteiger partial charge < -0.3 is 11.1 Å². The van der Waals surface area contributed by atoms with E-state index in [-0.39, 0.29) is 23.4 Å². The number of nitro groups is 1. The Hall–Kier alpha value is -2.62. The number of nitro benzene ring substituents is 1. The SMILES string of the molecule is N#Cc1cccc(NCCCC(N)=O)c1[N+](=O)[O-]. The van der Waals surface area contributed by atoms with Crippen LogP contribution in [0.2, 0.25) is 0 Å². The number of anilines is 1. The summed E-state index contributed by atoms with van der Waals surface area (Å²) in [6, 6.07) is 6.23. The van der Waals surface area contributed by atoms with Crippen molar-refractivity contribution >= 4 is 17.3 Å². The minimum absolute atomic E-state index is 0.0000914. The Balaban J connectivity index is 2.80. The molecule has 0 unspecified atom stereocenters. The quantitative estimate of drug-likeness (QED) is 0.444. The Morgan fingerprint density at radius 2 is 2.28 bits per heavy atom. The number of para-hydroxylation sites is 1. The van der Waals surface area contributed by atoms with Gasteiger partial charge in [0.15, 0.2) is 0 Å². The molecule has 1 amide bonds. The maximum Gasteiger partial charge on any atom is 0.309 e. The van der Waals surface area contributed by atoms with Crippen LogP contribution in [0.25, 0.3) is 0 Å². The van der Waals surface area contributed by atoms with Gasteiger partial charge in [-0.2, -0.15) is 5.26 Å². The molecule has 0 aliphatic carbocycles. The summed E-state index contributed by atoms with van der Waals surface area (Å²) >= 11 is 0. The first-order valence-corrected chi connectivity index (χ1v) is 5.26. The zero-order valence-electron chi connectivity index (χ0n) is 9.55. The van der Waals surface area contributed by atoms with E-state index in [1.165, 1.54) is 12.1 Å². The molecule has 0 fully saturated rings. The topological polar surface area (TPSA) is 122 Å². The van der Waals surface area contributed by atoms with E-state index in [1.807, 2.05) is 0 Å². The summed E-state index contributed by atoms with van der Waals surface area (Å²) in [5, 5.41) is 22.5. The number of nitriles is 1. The fourth-order valence-corrected chi connectivity index (χ4v) is 1.46. The molecule has 18 heavy (non-hydrogen) atoms. The first-order chi connectivity index (χ1) is 8.56. The molecule has 7 nitrogen and oxygen atoms in total. The van der Waals surface area contributed by atoms with Gasteiger partial charge in [-0.05, 0) is 18.6 Å². The Kier molecular flexibility index (Phi) is 4.63. The number of amides is 1. The number of hydrogen-bond acceptors (Lipinski definition) is 5. The number of nitrogens with zero attached hydrogens (tertiary/aromatic N) is 2. The summed E-state index contributed by atoms with van der Waals surface area (Å²) < 4.78 is 0. The third-order valence-electron chi connectivity index (χ3n) is 2.25. The molecule has 0 spiro atoms. The molecule has 1 aromatic rings. The summed E-state index contributed by atoms with van der Waals surface area (Å²) in [6.07, 6.45) is 0.683. The van der Waals surface area contributed by atoms with Gasteiger partial charge in [0.25, 0.3) is 0 Å². The van der Waals surface area contributed by atoms with E-state index in [0.29, 0.717) is 13.0 Å². The lowest BCUT2D eigenvalue weighted by Gasteiger charge is -2.06. The minimum atomic E-state index is -0.602. The van der Waals surface area contributed by atoms with Crippen molar-refractivity contribution in [2.24, 2.45) is 5.73 Å². The molecule has 1 rings (SSSR count). The van der Waals surface area contributed by atoms with E-state index in [4.69, 9.17) is 11.0 Å². The third kappa shape index (κ3) is 3.45. The number of hydrogen-bond donors (Lipinski definition) is 2. The highest BCUT2D eigenvalue weighted by Gasteiger charge is 2.18. The molecule has 0 saturated heterocycles. The summed E-state index contributed by atoms with van der Waals surface area (Å²) in [7, 11) is 0.